The number of likely N-dealkylation sites (tertiary alicyclic amines) is 2. The molecule has 0 radical (unpaired) electrons. The summed E-state index contributed by atoms with van der Waals surface area (Å²) >= 11 is 1.70. The number of amides is 1. The van der Waals surface area contributed by atoms with Crippen LogP contribution in [0.25, 0.3) is 10.8 Å². The van der Waals surface area contributed by atoms with Crippen molar-refractivity contribution in [2.75, 3.05) is 32.7 Å². The van der Waals surface area contributed by atoms with Gasteiger partial charge < -0.3 is 9.80 Å². The van der Waals surface area contributed by atoms with Crippen LogP contribution in [0.5, 0.6) is 0 Å². The van der Waals surface area contributed by atoms with Gasteiger partial charge in [-0.2, -0.15) is 11.3 Å². The molecule has 1 aromatic heterocycles. The molecule has 1 amide bonds. The third kappa shape index (κ3) is 4.92. The highest BCUT2D eigenvalue weighted by atomic mass is 32.1. The summed E-state index contributed by atoms with van der Waals surface area (Å²) in [6.07, 6.45) is 1.72. The van der Waals surface area contributed by atoms with Crippen molar-refractivity contribution in [1.29, 1.82) is 0 Å². The Morgan fingerprint density at radius 1 is 0.946 bits per heavy atom. The molecule has 2 fully saturated rings. The quantitative estimate of drug-likeness (QED) is 0.288. The van der Waals surface area contributed by atoms with Gasteiger partial charge in [0.25, 0.3) is 5.91 Å². The zero-order chi connectivity index (χ0) is 25.4. The summed E-state index contributed by atoms with van der Waals surface area (Å²) in [5.74, 6) is -0.0935. The van der Waals surface area contributed by atoms with E-state index < -0.39 is 11.6 Å². The van der Waals surface area contributed by atoms with Crippen molar-refractivity contribution in [2.24, 2.45) is 5.92 Å². The molecular formula is C31H30F2N2OS. The topological polar surface area (TPSA) is 23.6 Å². The maximum Gasteiger partial charge on any atom is 0.254 e. The molecule has 4 aromatic rings. The second-order valence-corrected chi connectivity index (χ2v) is 11.2. The minimum Gasteiger partial charge on any atom is -0.338 e. The first kappa shape index (κ1) is 24.3. The molecule has 3 aromatic carbocycles. The Balaban J connectivity index is 1.17. The number of fused-ring (bicyclic) bond motifs is 1. The van der Waals surface area contributed by atoms with E-state index in [2.05, 4.69) is 33.9 Å². The van der Waals surface area contributed by atoms with E-state index in [9.17, 15) is 13.6 Å². The lowest BCUT2D eigenvalue weighted by Crippen LogP contribution is -2.38. The van der Waals surface area contributed by atoms with Crippen LogP contribution in [0.3, 0.4) is 0 Å². The van der Waals surface area contributed by atoms with Crippen molar-refractivity contribution in [3.63, 3.8) is 0 Å². The molecule has 2 atom stereocenters. The predicted molar refractivity (Wildman–Crippen MR) is 145 cm³/mol. The molecule has 3 heterocycles. The fourth-order valence-corrected chi connectivity index (χ4v) is 6.98. The highest BCUT2D eigenvalue weighted by Gasteiger charge is 2.38. The molecule has 0 bridgehead atoms. The summed E-state index contributed by atoms with van der Waals surface area (Å²) in [5, 5.41) is 6.41. The summed E-state index contributed by atoms with van der Waals surface area (Å²) in [6.45, 7) is 4.13. The van der Waals surface area contributed by atoms with Crippen LogP contribution >= 0.6 is 11.3 Å². The van der Waals surface area contributed by atoms with Gasteiger partial charge in [-0.25, -0.2) is 8.78 Å². The van der Waals surface area contributed by atoms with Crippen molar-refractivity contribution < 1.29 is 13.6 Å². The Labute approximate surface area is 220 Å². The van der Waals surface area contributed by atoms with Gasteiger partial charge in [-0.3, -0.25) is 4.79 Å². The van der Waals surface area contributed by atoms with Crippen molar-refractivity contribution >= 4 is 28.0 Å². The number of halogens is 2. The average molecular weight is 517 g/mol. The summed E-state index contributed by atoms with van der Waals surface area (Å²) in [7, 11) is 0. The first-order chi connectivity index (χ1) is 18.1. The van der Waals surface area contributed by atoms with Crippen LogP contribution in [0.15, 0.2) is 77.5 Å². The Bertz CT molecular complexity index is 1390. The second kappa shape index (κ2) is 10.3. The Morgan fingerprint density at radius 2 is 1.76 bits per heavy atom. The van der Waals surface area contributed by atoms with Gasteiger partial charge in [0.15, 0.2) is 0 Å². The maximum absolute atomic E-state index is 14.3. The summed E-state index contributed by atoms with van der Waals surface area (Å²) < 4.78 is 27.7. The van der Waals surface area contributed by atoms with Crippen molar-refractivity contribution in [3.05, 3.63) is 106 Å². The van der Waals surface area contributed by atoms with E-state index in [1.54, 1.807) is 17.4 Å². The molecule has 0 spiro atoms. The van der Waals surface area contributed by atoms with E-state index in [4.69, 9.17) is 0 Å². The smallest absolute Gasteiger partial charge is 0.254 e. The number of carbonyl (C=O) groups is 1. The van der Waals surface area contributed by atoms with E-state index in [1.807, 2.05) is 35.2 Å². The molecule has 0 N–H and O–H groups in total. The van der Waals surface area contributed by atoms with Gasteiger partial charge in [-0.1, -0.05) is 42.5 Å². The zero-order valence-corrected chi connectivity index (χ0v) is 21.5. The first-order valence-electron chi connectivity index (χ1n) is 13.0. The van der Waals surface area contributed by atoms with Crippen LogP contribution in [-0.2, 0) is 0 Å². The second-order valence-electron chi connectivity index (χ2n) is 10.4. The molecule has 0 aliphatic carbocycles. The molecule has 3 nitrogen and oxygen atoms in total. The van der Waals surface area contributed by atoms with Crippen LogP contribution < -0.4 is 0 Å². The highest BCUT2D eigenvalue weighted by Crippen LogP contribution is 2.37. The van der Waals surface area contributed by atoms with Gasteiger partial charge in [0.2, 0.25) is 0 Å². The number of hydrogen-bond acceptors (Lipinski definition) is 3. The van der Waals surface area contributed by atoms with Gasteiger partial charge in [0.05, 0.1) is 0 Å². The Kier molecular flexibility index (Phi) is 6.78. The molecule has 2 aliphatic rings. The zero-order valence-electron chi connectivity index (χ0n) is 20.7. The third-order valence-electron chi connectivity index (χ3n) is 8.20. The van der Waals surface area contributed by atoms with E-state index in [0.29, 0.717) is 17.4 Å². The third-order valence-corrected chi connectivity index (χ3v) is 8.90. The SMILES string of the molecule is O=C(c1cccc2ccccc12)N1CC(CN2CCC(c3ccc(F)cc3F)CC2)C(c2ccsc2)C1. The van der Waals surface area contributed by atoms with Crippen LogP contribution in [-0.4, -0.2) is 48.4 Å². The van der Waals surface area contributed by atoms with Gasteiger partial charge in [-0.15, -0.1) is 0 Å². The minimum atomic E-state index is -0.526. The number of thiophene rings is 1. The summed E-state index contributed by atoms with van der Waals surface area (Å²) in [6, 6.07) is 20.2. The molecule has 6 heteroatoms. The van der Waals surface area contributed by atoms with Crippen LogP contribution in [0.4, 0.5) is 8.78 Å². The lowest BCUT2D eigenvalue weighted by molar-refractivity contribution is 0.0783. The average Bonchev–Trinajstić information content (AvgIpc) is 3.59. The molecule has 6 rings (SSSR count). The van der Waals surface area contributed by atoms with E-state index in [1.165, 1.54) is 11.6 Å². The van der Waals surface area contributed by atoms with Gasteiger partial charge in [0, 0.05) is 37.2 Å². The van der Waals surface area contributed by atoms with E-state index in [0.717, 1.165) is 68.0 Å². The number of piperidine rings is 1. The summed E-state index contributed by atoms with van der Waals surface area (Å²) in [5.41, 5.74) is 2.71. The molecule has 0 saturated carbocycles. The van der Waals surface area contributed by atoms with Crippen molar-refractivity contribution in [2.45, 2.75) is 24.7 Å². The highest BCUT2D eigenvalue weighted by molar-refractivity contribution is 7.08. The van der Waals surface area contributed by atoms with Crippen LogP contribution in [0, 0.1) is 17.6 Å². The largest absolute Gasteiger partial charge is 0.338 e. The van der Waals surface area contributed by atoms with Gasteiger partial charge in [-0.05, 0) is 88.6 Å². The van der Waals surface area contributed by atoms with Crippen LogP contribution in [0.2, 0.25) is 0 Å². The lowest BCUT2D eigenvalue weighted by atomic mass is 9.87. The fraction of sp³-hybridized carbons (Fsp3) is 0.323. The Hall–Kier alpha value is -3.09. The van der Waals surface area contributed by atoms with Crippen LogP contribution in [0.1, 0.15) is 46.2 Å². The maximum atomic E-state index is 14.3. The summed E-state index contributed by atoms with van der Waals surface area (Å²) in [4.78, 5) is 18.2. The van der Waals surface area contributed by atoms with E-state index in [-0.39, 0.29) is 11.8 Å². The molecule has 2 saturated heterocycles. The fourth-order valence-electron chi connectivity index (χ4n) is 6.26. The number of hydrogen-bond donors (Lipinski definition) is 0. The van der Waals surface area contributed by atoms with Gasteiger partial charge >= 0.3 is 0 Å². The standard InChI is InChI=1S/C31H30F2N2OS/c32-25-8-9-27(30(33)16-25)22-10-13-34(14-11-22)17-24-18-35(19-29(24)23-12-15-37-20-23)31(36)28-7-3-5-21-4-1-2-6-26(21)28/h1-9,12,15-16,20,22,24,29H,10-11,13-14,17-19H2. The molecule has 190 valence electrons. The number of rotatable bonds is 5. The minimum absolute atomic E-state index is 0.102. The number of nitrogens with zero attached hydrogens (tertiary/aromatic N) is 2. The van der Waals surface area contributed by atoms with E-state index >= 15 is 0 Å². The monoisotopic (exact) mass is 516 g/mol. The molecule has 2 unspecified atom stereocenters. The number of carbonyl (C=O) groups excluding carboxylic acids is 1. The normalized spacial score (nSPS) is 21.1. The molecule has 37 heavy (non-hydrogen) atoms. The Morgan fingerprint density at radius 3 is 2.54 bits per heavy atom. The van der Waals surface area contributed by atoms with Gasteiger partial charge in [0.1, 0.15) is 11.6 Å². The van der Waals surface area contributed by atoms with Crippen molar-refractivity contribution in [3.8, 4) is 0 Å². The molecular weight excluding hydrogens is 486 g/mol. The number of benzene rings is 3. The molecule has 2 aliphatic heterocycles. The van der Waals surface area contributed by atoms with Crippen molar-refractivity contribution in [1.82, 2.24) is 9.80 Å². The first-order valence-corrected chi connectivity index (χ1v) is 14.0. The lowest BCUT2D eigenvalue weighted by Gasteiger charge is -2.34. The predicted octanol–water partition coefficient (Wildman–Crippen LogP) is 6.91.